The van der Waals surface area contributed by atoms with Gasteiger partial charge in [0.25, 0.3) is 5.56 Å². The zero-order chi connectivity index (χ0) is 20.0. The third-order valence-electron chi connectivity index (χ3n) is 4.01. The summed E-state index contributed by atoms with van der Waals surface area (Å²) in [6.07, 6.45) is 1.34. The van der Waals surface area contributed by atoms with Crippen molar-refractivity contribution in [3.8, 4) is 16.9 Å². The van der Waals surface area contributed by atoms with Crippen LogP contribution < -0.4 is 10.9 Å². The van der Waals surface area contributed by atoms with Crippen molar-refractivity contribution in [3.63, 3.8) is 0 Å². The number of carbonyl (C=O) groups excluding carboxylic acids is 1. The van der Waals surface area contributed by atoms with E-state index in [2.05, 4.69) is 10.3 Å². The maximum atomic E-state index is 11.7. The summed E-state index contributed by atoms with van der Waals surface area (Å²) in [4.78, 5) is 34.9. The Balaban J connectivity index is 0.000000208. The Morgan fingerprint density at radius 1 is 1.41 bits per heavy atom. The molecule has 9 heteroatoms. The second kappa shape index (κ2) is 8.70. The minimum atomic E-state index is -1.46. The Morgan fingerprint density at radius 3 is 2.70 bits per heavy atom. The lowest BCUT2D eigenvalue weighted by Crippen LogP contribution is -2.50. The van der Waals surface area contributed by atoms with E-state index in [1.54, 1.807) is 31.2 Å². The lowest BCUT2D eigenvalue weighted by atomic mass is 10.1. The van der Waals surface area contributed by atoms with Crippen molar-refractivity contribution in [2.75, 3.05) is 6.61 Å². The summed E-state index contributed by atoms with van der Waals surface area (Å²) in [7, 11) is 0. The van der Waals surface area contributed by atoms with Crippen LogP contribution in [0.15, 0.2) is 35.1 Å². The van der Waals surface area contributed by atoms with Crippen LogP contribution in [0.1, 0.15) is 18.5 Å². The van der Waals surface area contributed by atoms with Gasteiger partial charge in [0.2, 0.25) is 12.1 Å². The van der Waals surface area contributed by atoms with Crippen molar-refractivity contribution < 1.29 is 24.5 Å². The Bertz CT molecular complexity index is 890. The molecule has 0 aliphatic carbocycles. The molecule has 1 atom stereocenters. The van der Waals surface area contributed by atoms with E-state index in [1.807, 2.05) is 0 Å². The van der Waals surface area contributed by atoms with Gasteiger partial charge in [-0.25, -0.2) is 4.79 Å². The van der Waals surface area contributed by atoms with E-state index in [0.29, 0.717) is 47.7 Å². The summed E-state index contributed by atoms with van der Waals surface area (Å²) >= 11 is 5.84. The van der Waals surface area contributed by atoms with Crippen molar-refractivity contribution in [1.29, 1.82) is 0 Å². The van der Waals surface area contributed by atoms with Gasteiger partial charge in [0.15, 0.2) is 0 Å². The number of rotatable bonds is 4. The zero-order valence-electron chi connectivity index (χ0n) is 14.5. The average Bonchev–Trinajstić information content (AvgIpc) is 3.09. The fourth-order valence-corrected chi connectivity index (χ4v) is 2.75. The molecule has 1 aliphatic heterocycles. The number of hydrogen-bond acceptors (Lipinski definition) is 5. The Kier molecular flexibility index (Phi) is 6.59. The number of aliphatic carboxylic acids is 1. The van der Waals surface area contributed by atoms with Gasteiger partial charge in [-0.3, -0.25) is 9.59 Å². The molecule has 1 aromatic heterocycles. The van der Waals surface area contributed by atoms with Gasteiger partial charge in [0.1, 0.15) is 5.75 Å². The Morgan fingerprint density at radius 2 is 2.15 bits per heavy atom. The van der Waals surface area contributed by atoms with Crippen LogP contribution in [-0.2, 0) is 14.3 Å². The number of pyridine rings is 1. The number of benzene rings is 1. The standard InChI is InChI=1S/C12H10ClNO2.C6H9NO4/c1-7-11(15)6-10(12(16)14-7)8-3-2-4-9(13)5-8;8-4-7-6(5(9)10)2-1-3-11-6/h2-6,15H,1H3,(H,14,16);4H,1-3H2,(H,7,8)(H,9,10). The van der Waals surface area contributed by atoms with Crippen LogP contribution in [0.25, 0.3) is 11.1 Å². The first-order valence-corrected chi connectivity index (χ1v) is 8.44. The maximum absolute atomic E-state index is 11.7. The van der Waals surface area contributed by atoms with E-state index in [1.165, 1.54) is 6.07 Å². The van der Waals surface area contributed by atoms with Gasteiger partial charge in [-0.2, -0.15) is 0 Å². The molecule has 3 rings (SSSR count). The monoisotopic (exact) mass is 394 g/mol. The Hall–Kier alpha value is -2.84. The molecule has 1 aromatic carbocycles. The topological polar surface area (TPSA) is 129 Å². The third-order valence-corrected chi connectivity index (χ3v) is 4.24. The SMILES string of the molecule is Cc1[nH]c(=O)c(-c2cccc(Cl)c2)cc1O.O=CNC1(C(=O)O)CCCO1. The highest BCUT2D eigenvalue weighted by Gasteiger charge is 2.42. The summed E-state index contributed by atoms with van der Waals surface area (Å²) in [5, 5.41) is 20.9. The van der Waals surface area contributed by atoms with Gasteiger partial charge in [-0.15, -0.1) is 0 Å². The number of hydrogen-bond donors (Lipinski definition) is 4. The molecule has 1 amide bonds. The molecule has 8 nitrogen and oxygen atoms in total. The van der Waals surface area contributed by atoms with Crippen molar-refractivity contribution in [1.82, 2.24) is 10.3 Å². The van der Waals surface area contributed by atoms with E-state index in [4.69, 9.17) is 21.4 Å². The van der Waals surface area contributed by atoms with Crippen LogP contribution in [0.2, 0.25) is 5.02 Å². The average molecular weight is 395 g/mol. The molecule has 0 spiro atoms. The number of aromatic amines is 1. The number of halogens is 1. The number of ether oxygens (including phenoxy) is 1. The molecule has 2 aromatic rings. The first-order valence-electron chi connectivity index (χ1n) is 8.06. The summed E-state index contributed by atoms with van der Waals surface area (Å²) in [5.41, 5.74) is -0.148. The van der Waals surface area contributed by atoms with E-state index < -0.39 is 11.7 Å². The number of aromatic nitrogens is 1. The number of carboxylic acid groups (broad SMARTS) is 1. The van der Waals surface area contributed by atoms with Crippen LogP contribution in [0.3, 0.4) is 0 Å². The van der Waals surface area contributed by atoms with Crippen LogP contribution in [0.5, 0.6) is 5.75 Å². The Labute approximate surface area is 159 Å². The van der Waals surface area contributed by atoms with Gasteiger partial charge in [-0.1, -0.05) is 23.7 Å². The van der Waals surface area contributed by atoms with Gasteiger partial charge in [0, 0.05) is 11.4 Å². The maximum Gasteiger partial charge on any atom is 0.357 e. The van der Waals surface area contributed by atoms with Crippen LogP contribution >= 0.6 is 11.6 Å². The third kappa shape index (κ3) is 4.87. The second-order valence-electron chi connectivity index (χ2n) is 5.88. The van der Waals surface area contributed by atoms with Crippen molar-refractivity contribution in [2.45, 2.75) is 25.5 Å². The van der Waals surface area contributed by atoms with Gasteiger partial charge in [-0.05, 0) is 37.1 Å². The molecule has 144 valence electrons. The van der Waals surface area contributed by atoms with Crippen molar-refractivity contribution >= 4 is 24.0 Å². The summed E-state index contributed by atoms with van der Waals surface area (Å²) in [6.45, 7) is 2.02. The molecule has 27 heavy (non-hydrogen) atoms. The van der Waals surface area contributed by atoms with Gasteiger partial charge < -0.3 is 25.3 Å². The number of amides is 1. The molecular weight excluding hydrogens is 376 g/mol. The summed E-state index contributed by atoms with van der Waals surface area (Å²) in [6, 6.07) is 8.38. The normalized spacial score (nSPS) is 18.3. The lowest BCUT2D eigenvalue weighted by molar-refractivity contribution is -0.165. The minimum absolute atomic E-state index is 0.0644. The first-order chi connectivity index (χ1) is 12.8. The van der Waals surface area contributed by atoms with Crippen LogP contribution in [0, 0.1) is 6.92 Å². The number of nitrogens with one attached hydrogen (secondary N) is 2. The fourth-order valence-electron chi connectivity index (χ4n) is 2.56. The van der Waals surface area contributed by atoms with E-state index >= 15 is 0 Å². The summed E-state index contributed by atoms with van der Waals surface area (Å²) < 4.78 is 4.90. The van der Waals surface area contributed by atoms with Crippen molar-refractivity contribution in [3.05, 3.63) is 51.4 Å². The molecule has 1 saturated heterocycles. The molecular formula is C18H19ClN2O6. The number of H-pyrrole nitrogens is 1. The van der Waals surface area contributed by atoms with E-state index in [-0.39, 0.29) is 11.3 Å². The van der Waals surface area contributed by atoms with E-state index in [9.17, 15) is 19.5 Å². The molecule has 4 N–H and O–H groups in total. The predicted molar refractivity (Wildman–Crippen MR) is 98.7 cm³/mol. The zero-order valence-corrected chi connectivity index (χ0v) is 15.2. The lowest BCUT2D eigenvalue weighted by Gasteiger charge is -2.21. The molecule has 1 unspecified atom stereocenters. The molecule has 0 bridgehead atoms. The van der Waals surface area contributed by atoms with Crippen LogP contribution in [0.4, 0.5) is 0 Å². The number of carboxylic acids is 1. The molecule has 2 heterocycles. The number of aromatic hydroxyl groups is 1. The van der Waals surface area contributed by atoms with E-state index in [0.717, 1.165) is 0 Å². The minimum Gasteiger partial charge on any atom is -0.506 e. The van der Waals surface area contributed by atoms with Gasteiger partial charge in [0.05, 0.1) is 17.9 Å². The fraction of sp³-hybridized carbons (Fsp3) is 0.278. The highest BCUT2D eigenvalue weighted by molar-refractivity contribution is 6.30. The highest BCUT2D eigenvalue weighted by atomic mass is 35.5. The van der Waals surface area contributed by atoms with Crippen LogP contribution in [-0.4, -0.2) is 39.9 Å². The highest BCUT2D eigenvalue weighted by Crippen LogP contribution is 2.23. The number of carbonyl (C=O) groups is 2. The predicted octanol–water partition coefficient (Wildman–Crippen LogP) is 2.03. The molecule has 1 fully saturated rings. The van der Waals surface area contributed by atoms with Crippen molar-refractivity contribution in [2.24, 2.45) is 0 Å². The number of aryl methyl sites for hydroxylation is 1. The second-order valence-corrected chi connectivity index (χ2v) is 6.32. The molecule has 1 aliphatic rings. The molecule has 0 radical (unpaired) electrons. The molecule has 0 saturated carbocycles. The summed E-state index contributed by atoms with van der Waals surface area (Å²) in [5.74, 6) is -1.07. The first kappa shape index (κ1) is 20.5. The largest absolute Gasteiger partial charge is 0.506 e. The van der Waals surface area contributed by atoms with Gasteiger partial charge >= 0.3 is 5.97 Å². The smallest absolute Gasteiger partial charge is 0.357 e. The quantitative estimate of drug-likeness (QED) is 0.587.